The number of benzene rings is 2. The fourth-order valence-corrected chi connectivity index (χ4v) is 3.98. The number of rotatable bonds is 6. The van der Waals surface area contributed by atoms with Crippen LogP contribution in [0.2, 0.25) is 10.0 Å². The first-order valence-electron chi connectivity index (χ1n) is 7.50. The predicted octanol–water partition coefficient (Wildman–Crippen LogP) is 3.69. The third-order valence-electron chi connectivity index (χ3n) is 3.56. The van der Waals surface area contributed by atoms with Crippen molar-refractivity contribution in [2.24, 2.45) is 0 Å². The molecule has 1 unspecified atom stereocenters. The Kier molecular flexibility index (Phi) is 6.30. The van der Waals surface area contributed by atoms with Crippen LogP contribution in [0.4, 0.5) is 17.1 Å². The number of carbonyl (C=O) groups is 1. The smallest absolute Gasteiger partial charge is 0.271 e. The van der Waals surface area contributed by atoms with Gasteiger partial charge >= 0.3 is 0 Å². The molecule has 2 rings (SSSR count). The zero-order chi connectivity index (χ0) is 20.4. The minimum Gasteiger partial charge on any atom is -0.324 e. The molecule has 0 heterocycles. The molecule has 144 valence electrons. The maximum absolute atomic E-state index is 12.6. The van der Waals surface area contributed by atoms with Crippen LogP contribution >= 0.6 is 23.2 Å². The van der Waals surface area contributed by atoms with E-state index in [1.165, 1.54) is 49.4 Å². The number of anilines is 2. The van der Waals surface area contributed by atoms with Gasteiger partial charge in [-0.1, -0.05) is 29.3 Å². The average molecular weight is 432 g/mol. The van der Waals surface area contributed by atoms with Gasteiger partial charge < -0.3 is 5.32 Å². The van der Waals surface area contributed by atoms with E-state index < -0.39 is 26.9 Å². The normalized spacial score (nSPS) is 12.3. The van der Waals surface area contributed by atoms with Gasteiger partial charge in [0.05, 0.1) is 21.9 Å². The molecule has 1 amide bonds. The van der Waals surface area contributed by atoms with Crippen LogP contribution in [0.25, 0.3) is 0 Å². The molecule has 1 atom stereocenters. The highest BCUT2D eigenvalue weighted by atomic mass is 35.5. The number of carbonyl (C=O) groups excluding carboxylic acids is 1. The minimum absolute atomic E-state index is 0.0494. The lowest BCUT2D eigenvalue weighted by Gasteiger charge is -2.29. The molecule has 0 radical (unpaired) electrons. The Labute approximate surface area is 165 Å². The van der Waals surface area contributed by atoms with E-state index in [0.717, 1.165) is 10.6 Å². The van der Waals surface area contributed by atoms with Crippen molar-refractivity contribution in [1.29, 1.82) is 0 Å². The minimum atomic E-state index is -3.89. The SMILES string of the molecule is CC(C(=O)Nc1cccc([N+](=O)[O-])c1)N(c1cc(Cl)ccc1Cl)S(C)(=O)=O. The van der Waals surface area contributed by atoms with E-state index in [1.807, 2.05) is 0 Å². The van der Waals surface area contributed by atoms with E-state index in [4.69, 9.17) is 23.2 Å². The number of nitro groups is 1. The van der Waals surface area contributed by atoms with Gasteiger partial charge in [-0.2, -0.15) is 0 Å². The summed E-state index contributed by atoms with van der Waals surface area (Å²) in [5, 5.41) is 13.7. The number of halogens is 2. The second-order valence-corrected chi connectivity index (χ2v) is 8.33. The molecule has 1 N–H and O–H groups in total. The highest BCUT2D eigenvalue weighted by Crippen LogP contribution is 2.32. The second-order valence-electron chi connectivity index (χ2n) is 5.63. The van der Waals surface area contributed by atoms with Crippen LogP contribution in [-0.2, 0) is 14.8 Å². The summed E-state index contributed by atoms with van der Waals surface area (Å²) in [7, 11) is -3.89. The molecule has 27 heavy (non-hydrogen) atoms. The molecule has 0 aliphatic heterocycles. The molecule has 0 saturated heterocycles. The van der Waals surface area contributed by atoms with Crippen molar-refractivity contribution in [3.8, 4) is 0 Å². The lowest BCUT2D eigenvalue weighted by atomic mass is 10.2. The predicted molar refractivity (Wildman–Crippen MR) is 105 cm³/mol. The molecule has 0 fully saturated rings. The van der Waals surface area contributed by atoms with E-state index in [2.05, 4.69) is 5.32 Å². The van der Waals surface area contributed by atoms with Gasteiger partial charge in [0.15, 0.2) is 0 Å². The van der Waals surface area contributed by atoms with Crippen LogP contribution < -0.4 is 9.62 Å². The Bertz CT molecular complexity index is 997. The van der Waals surface area contributed by atoms with Crippen LogP contribution in [0.3, 0.4) is 0 Å². The number of hydrogen-bond acceptors (Lipinski definition) is 5. The van der Waals surface area contributed by atoms with Crippen molar-refractivity contribution >= 4 is 56.2 Å². The molecule has 2 aromatic carbocycles. The Balaban J connectivity index is 2.37. The molecular weight excluding hydrogens is 417 g/mol. The topological polar surface area (TPSA) is 110 Å². The number of amides is 1. The van der Waals surface area contributed by atoms with Gasteiger partial charge in [-0.25, -0.2) is 8.42 Å². The molecule has 0 saturated carbocycles. The fourth-order valence-electron chi connectivity index (χ4n) is 2.38. The maximum Gasteiger partial charge on any atom is 0.271 e. The van der Waals surface area contributed by atoms with Gasteiger partial charge in [-0.3, -0.25) is 19.2 Å². The largest absolute Gasteiger partial charge is 0.324 e. The summed E-state index contributed by atoms with van der Waals surface area (Å²) in [5.74, 6) is -0.697. The number of non-ortho nitro benzene ring substituents is 1. The monoisotopic (exact) mass is 431 g/mol. The third kappa shape index (κ3) is 5.09. The van der Waals surface area contributed by atoms with Crippen molar-refractivity contribution in [3.05, 3.63) is 62.6 Å². The summed E-state index contributed by atoms with van der Waals surface area (Å²) >= 11 is 12.0. The quantitative estimate of drug-likeness (QED) is 0.553. The van der Waals surface area contributed by atoms with E-state index in [1.54, 1.807) is 0 Å². The third-order valence-corrected chi connectivity index (χ3v) is 5.34. The second kappa shape index (κ2) is 8.12. The molecule has 0 aliphatic carbocycles. The first kappa shape index (κ1) is 20.9. The van der Waals surface area contributed by atoms with E-state index in [0.29, 0.717) is 0 Å². The standard InChI is InChI=1S/C16H15Cl2N3O5S/c1-10(16(22)19-12-4-3-5-13(9-12)21(23)24)20(27(2,25)26)15-8-11(17)6-7-14(15)18/h3-10H,1-2H3,(H,19,22). The highest BCUT2D eigenvalue weighted by Gasteiger charge is 2.31. The lowest BCUT2D eigenvalue weighted by Crippen LogP contribution is -2.45. The molecule has 0 spiro atoms. The first-order valence-corrected chi connectivity index (χ1v) is 10.1. The van der Waals surface area contributed by atoms with Gasteiger partial charge in [-0.15, -0.1) is 0 Å². The van der Waals surface area contributed by atoms with Crippen LogP contribution in [-0.4, -0.2) is 31.5 Å². The number of nitro benzene ring substituents is 1. The summed E-state index contributed by atoms with van der Waals surface area (Å²) in [6.07, 6.45) is 0.932. The lowest BCUT2D eigenvalue weighted by molar-refractivity contribution is -0.384. The Morgan fingerprint density at radius 1 is 1.22 bits per heavy atom. The molecule has 0 bridgehead atoms. The van der Waals surface area contributed by atoms with Crippen LogP contribution in [0.15, 0.2) is 42.5 Å². The van der Waals surface area contributed by atoms with Crippen LogP contribution in [0, 0.1) is 10.1 Å². The number of sulfonamides is 1. The molecule has 0 aliphatic rings. The molecule has 8 nitrogen and oxygen atoms in total. The van der Waals surface area contributed by atoms with Crippen molar-refractivity contribution in [1.82, 2.24) is 0 Å². The van der Waals surface area contributed by atoms with E-state index >= 15 is 0 Å². The number of nitrogens with zero attached hydrogens (tertiary/aromatic N) is 2. The van der Waals surface area contributed by atoms with Gasteiger partial charge in [0, 0.05) is 22.8 Å². The Morgan fingerprint density at radius 3 is 2.48 bits per heavy atom. The van der Waals surface area contributed by atoms with Crippen molar-refractivity contribution in [3.63, 3.8) is 0 Å². The average Bonchev–Trinajstić information content (AvgIpc) is 2.57. The Morgan fingerprint density at radius 2 is 1.89 bits per heavy atom. The van der Waals surface area contributed by atoms with Gasteiger partial charge in [-0.05, 0) is 31.2 Å². The van der Waals surface area contributed by atoms with Crippen LogP contribution in [0.1, 0.15) is 6.92 Å². The van der Waals surface area contributed by atoms with Crippen molar-refractivity contribution < 1.29 is 18.1 Å². The fraction of sp³-hybridized carbons (Fsp3) is 0.188. The van der Waals surface area contributed by atoms with E-state index in [-0.39, 0.29) is 27.1 Å². The Hall–Kier alpha value is -2.36. The van der Waals surface area contributed by atoms with Crippen molar-refractivity contribution in [2.45, 2.75) is 13.0 Å². The summed E-state index contributed by atoms with van der Waals surface area (Å²) in [6, 6.07) is 8.34. The first-order chi connectivity index (χ1) is 12.5. The summed E-state index contributed by atoms with van der Waals surface area (Å²) in [6.45, 7) is 1.37. The van der Waals surface area contributed by atoms with E-state index in [9.17, 15) is 23.3 Å². The summed E-state index contributed by atoms with van der Waals surface area (Å²) in [5.41, 5.74) is -0.00152. The zero-order valence-electron chi connectivity index (χ0n) is 14.2. The summed E-state index contributed by atoms with van der Waals surface area (Å²) in [4.78, 5) is 22.8. The van der Waals surface area contributed by atoms with Gasteiger partial charge in [0.25, 0.3) is 5.69 Å². The van der Waals surface area contributed by atoms with Crippen molar-refractivity contribution in [2.75, 3.05) is 15.9 Å². The number of hydrogen-bond donors (Lipinski definition) is 1. The zero-order valence-corrected chi connectivity index (χ0v) is 16.5. The number of nitrogens with one attached hydrogen (secondary N) is 1. The molecular formula is C16H15Cl2N3O5S. The van der Waals surface area contributed by atoms with Gasteiger partial charge in [0.1, 0.15) is 6.04 Å². The maximum atomic E-state index is 12.6. The molecule has 0 aromatic heterocycles. The molecule has 11 heteroatoms. The van der Waals surface area contributed by atoms with Gasteiger partial charge in [0.2, 0.25) is 15.9 Å². The summed E-state index contributed by atoms with van der Waals surface area (Å²) < 4.78 is 25.4. The highest BCUT2D eigenvalue weighted by molar-refractivity contribution is 7.92. The van der Waals surface area contributed by atoms with Crippen LogP contribution in [0.5, 0.6) is 0 Å². The molecule has 2 aromatic rings.